The molecule has 0 aromatic heterocycles. The molecule has 0 aliphatic rings. The van der Waals surface area contributed by atoms with Gasteiger partial charge in [0.05, 0.1) is 6.04 Å². The van der Waals surface area contributed by atoms with Crippen molar-refractivity contribution in [1.82, 2.24) is 0 Å². The van der Waals surface area contributed by atoms with Gasteiger partial charge in [0.2, 0.25) is 0 Å². The molecule has 0 amide bonds. The van der Waals surface area contributed by atoms with Crippen LogP contribution in [0.3, 0.4) is 0 Å². The molecule has 1 atom stereocenters. The lowest BCUT2D eigenvalue weighted by Gasteiger charge is -2.17. The van der Waals surface area contributed by atoms with Crippen molar-refractivity contribution in [3.05, 3.63) is 69.2 Å². The van der Waals surface area contributed by atoms with Crippen LogP contribution in [0.2, 0.25) is 5.02 Å². The molecule has 4 heteroatoms. The molecule has 1 nitrogen and oxygen atoms in total. The van der Waals surface area contributed by atoms with E-state index in [0.717, 1.165) is 5.56 Å². The first kappa shape index (κ1) is 14.0. The Labute approximate surface area is 116 Å². The first-order valence-electron chi connectivity index (χ1n) is 5.87. The molecule has 1 unspecified atom stereocenters. The lowest BCUT2D eigenvalue weighted by Crippen LogP contribution is -2.17. The van der Waals surface area contributed by atoms with Crippen LogP contribution in [0.4, 0.5) is 8.78 Å². The molecule has 0 fully saturated rings. The summed E-state index contributed by atoms with van der Waals surface area (Å²) in [5.41, 5.74) is 8.06. The number of hydrogen-bond donors (Lipinski definition) is 1. The Morgan fingerprint density at radius 2 is 1.74 bits per heavy atom. The van der Waals surface area contributed by atoms with Gasteiger partial charge < -0.3 is 5.73 Å². The van der Waals surface area contributed by atoms with E-state index in [2.05, 4.69) is 0 Å². The lowest BCUT2D eigenvalue weighted by molar-refractivity contribution is 0.573. The van der Waals surface area contributed by atoms with E-state index in [1.807, 2.05) is 6.07 Å². The van der Waals surface area contributed by atoms with Crippen LogP contribution >= 0.6 is 11.6 Å². The minimum absolute atomic E-state index is 0.232. The molecule has 2 N–H and O–H groups in total. The molecule has 100 valence electrons. The Hall–Kier alpha value is -1.45. The molecule has 2 rings (SSSR count). The fraction of sp³-hybridized carbons (Fsp3) is 0.200. The largest absolute Gasteiger partial charge is 0.320 e. The Balaban J connectivity index is 2.53. The van der Waals surface area contributed by atoms with Crippen LogP contribution in [0.15, 0.2) is 30.3 Å². The zero-order valence-electron chi connectivity index (χ0n) is 10.7. The fourth-order valence-electron chi connectivity index (χ4n) is 2.23. The lowest BCUT2D eigenvalue weighted by atomic mass is 9.93. The fourth-order valence-corrected chi connectivity index (χ4v) is 2.39. The monoisotopic (exact) mass is 281 g/mol. The van der Waals surface area contributed by atoms with Crippen LogP contribution in [0.25, 0.3) is 0 Å². The van der Waals surface area contributed by atoms with Crippen molar-refractivity contribution in [3.63, 3.8) is 0 Å². The van der Waals surface area contributed by atoms with E-state index in [1.165, 1.54) is 18.2 Å². The van der Waals surface area contributed by atoms with E-state index in [4.69, 9.17) is 17.3 Å². The highest BCUT2D eigenvalue weighted by Gasteiger charge is 2.19. The number of hydrogen-bond acceptors (Lipinski definition) is 1. The van der Waals surface area contributed by atoms with E-state index in [9.17, 15) is 8.78 Å². The Morgan fingerprint density at radius 1 is 1.05 bits per heavy atom. The number of benzene rings is 2. The molecule has 0 saturated carbocycles. The number of halogens is 3. The molecule has 2 aromatic rings. The molecule has 0 aliphatic heterocycles. The second-order valence-corrected chi connectivity index (χ2v) is 5.06. The molecule has 0 saturated heterocycles. The van der Waals surface area contributed by atoms with Crippen LogP contribution < -0.4 is 5.73 Å². The summed E-state index contributed by atoms with van der Waals surface area (Å²) in [5.74, 6) is -0.946. The maximum Gasteiger partial charge on any atom is 0.129 e. The predicted octanol–water partition coefficient (Wildman–Crippen LogP) is 4.28. The van der Waals surface area contributed by atoms with Gasteiger partial charge in [0.15, 0.2) is 0 Å². The van der Waals surface area contributed by atoms with Crippen molar-refractivity contribution >= 4 is 11.6 Å². The topological polar surface area (TPSA) is 26.0 Å². The van der Waals surface area contributed by atoms with Gasteiger partial charge >= 0.3 is 0 Å². The molecule has 0 bridgehead atoms. The van der Waals surface area contributed by atoms with Crippen molar-refractivity contribution in [3.8, 4) is 0 Å². The maximum atomic E-state index is 14.0. The summed E-state index contributed by atoms with van der Waals surface area (Å²) < 4.78 is 27.9. The van der Waals surface area contributed by atoms with Gasteiger partial charge in [0.25, 0.3) is 0 Å². The third-order valence-electron chi connectivity index (χ3n) is 3.09. The summed E-state index contributed by atoms with van der Waals surface area (Å²) in [7, 11) is 0. The number of aryl methyl sites for hydroxylation is 2. The third-order valence-corrected chi connectivity index (χ3v) is 3.32. The third kappa shape index (κ3) is 2.77. The SMILES string of the molecule is Cc1cc(C)c(C(N)c2ccc(Cl)cc2F)c(F)c1. The molecule has 0 heterocycles. The molecular formula is C15H14ClF2N. The van der Waals surface area contributed by atoms with Crippen molar-refractivity contribution in [1.29, 1.82) is 0 Å². The first-order chi connectivity index (χ1) is 8.90. The zero-order chi connectivity index (χ0) is 14.2. The summed E-state index contributed by atoms with van der Waals surface area (Å²) in [4.78, 5) is 0. The van der Waals surface area contributed by atoms with Gasteiger partial charge in [-0.25, -0.2) is 8.78 Å². The van der Waals surface area contributed by atoms with Gasteiger partial charge in [-0.3, -0.25) is 0 Å². The number of rotatable bonds is 2. The maximum absolute atomic E-state index is 14.0. The average molecular weight is 282 g/mol. The van der Waals surface area contributed by atoms with Gasteiger partial charge in [0.1, 0.15) is 11.6 Å². The second-order valence-electron chi connectivity index (χ2n) is 4.62. The van der Waals surface area contributed by atoms with Gasteiger partial charge in [-0.15, -0.1) is 0 Å². The van der Waals surface area contributed by atoms with Crippen LogP contribution in [-0.2, 0) is 0 Å². The minimum atomic E-state index is -0.849. The summed E-state index contributed by atoms with van der Waals surface area (Å²) in [6.45, 7) is 3.56. The van der Waals surface area contributed by atoms with Gasteiger partial charge in [-0.05, 0) is 43.2 Å². The zero-order valence-corrected chi connectivity index (χ0v) is 11.4. The van der Waals surface area contributed by atoms with Crippen molar-refractivity contribution in [2.75, 3.05) is 0 Å². The number of nitrogens with two attached hydrogens (primary N) is 1. The second kappa shape index (κ2) is 5.27. The standard InChI is InChI=1S/C15H14ClF2N/c1-8-5-9(2)14(13(18)6-8)15(19)11-4-3-10(16)7-12(11)17/h3-7,15H,19H2,1-2H3. The quantitative estimate of drug-likeness (QED) is 0.873. The van der Waals surface area contributed by atoms with Gasteiger partial charge in [0, 0.05) is 16.1 Å². The predicted molar refractivity (Wildman–Crippen MR) is 73.3 cm³/mol. The summed E-state index contributed by atoms with van der Waals surface area (Å²) >= 11 is 5.70. The summed E-state index contributed by atoms with van der Waals surface area (Å²) in [5, 5.41) is 0.287. The smallest absolute Gasteiger partial charge is 0.129 e. The molecule has 2 aromatic carbocycles. The molecule has 19 heavy (non-hydrogen) atoms. The van der Waals surface area contributed by atoms with E-state index in [1.54, 1.807) is 19.9 Å². The summed E-state index contributed by atoms with van der Waals surface area (Å²) in [6.07, 6.45) is 0. The Morgan fingerprint density at radius 3 is 2.32 bits per heavy atom. The highest BCUT2D eigenvalue weighted by molar-refractivity contribution is 6.30. The normalized spacial score (nSPS) is 12.5. The minimum Gasteiger partial charge on any atom is -0.320 e. The van der Waals surface area contributed by atoms with Crippen LogP contribution in [0.1, 0.15) is 28.3 Å². The van der Waals surface area contributed by atoms with Crippen molar-refractivity contribution in [2.45, 2.75) is 19.9 Å². The summed E-state index contributed by atoms with van der Waals surface area (Å²) in [6, 6.07) is 6.58. The van der Waals surface area contributed by atoms with Crippen molar-refractivity contribution in [2.24, 2.45) is 5.73 Å². The van der Waals surface area contributed by atoms with E-state index >= 15 is 0 Å². The van der Waals surface area contributed by atoms with Crippen LogP contribution in [0, 0.1) is 25.5 Å². The van der Waals surface area contributed by atoms with Crippen molar-refractivity contribution < 1.29 is 8.78 Å². The van der Waals surface area contributed by atoms with E-state index < -0.39 is 17.7 Å². The van der Waals surface area contributed by atoms with Crippen LogP contribution in [0.5, 0.6) is 0 Å². The Kier molecular flexibility index (Phi) is 3.88. The highest BCUT2D eigenvalue weighted by Crippen LogP contribution is 2.29. The van der Waals surface area contributed by atoms with Gasteiger partial charge in [-0.1, -0.05) is 23.7 Å². The van der Waals surface area contributed by atoms with Crippen LogP contribution in [-0.4, -0.2) is 0 Å². The molecule has 0 spiro atoms. The average Bonchev–Trinajstić information content (AvgIpc) is 2.26. The first-order valence-corrected chi connectivity index (χ1v) is 6.25. The molecule has 0 aliphatic carbocycles. The molecule has 0 radical (unpaired) electrons. The van der Waals surface area contributed by atoms with E-state index in [0.29, 0.717) is 11.1 Å². The van der Waals surface area contributed by atoms with E-state index in [-0.39, 0.29) is 10.6 Å². The Bertz CT molecular complexity index is 603. The van der Waals surface area contributed by atoms with Gasteiger partial charge in [-0.2, -0.15) is 0 Å². The molecular weight excluding hydrogens is 268 g/mol. The highest BCUT2D eigenvalue weighted by atomic mass is 35.5.